The summed E-state index contributed by atoms with van der Waals surface area (Å²) in [5, 5.41) is 9.80. The summed E-state index contributed by atoms with van der Waals surface area (Å²) in [5.41, 5.74) is -0.299. The second-order valence-corrected chi connectivity index (χ2v) is 3.76. The van der Waals surface area contributed by atoms with Crippen LogP contribution in [0.5, 0.6) is 0 Å². The van der Waals surface area contributed by atoms with Crippen LogP contribution in [0, 0.1) is 5.92 Å². The monoisotopic (exact) mass is 142 g/mol. The summed E-state index contributed by atoms with van der Waals surface area (Å²) in [5.74, 6) is 0.840. The van der Waals surface area contributed by atoms with Crippen LogP contribution in [0.1, 0.15) is 46.0 Å². The first-order valence-corrected chi connectivity index (χ1v) is 4.39. The van der Waals surface area contributed by atoms with Crippen LogP contribution in [0.2, 0.25) is 0 Å². The maximum atomic E-state index is 9.80. The number of hydrogen-bond acceptors (Lipinski definition) is 1. The molecular formula is C9H18O. The summed E-state index contributed by atoms with van der Waals surface area (Å²) >= 11 is 0. The molecule has 0 saturated heterocycles. The van der Waals surface area contributed by atoms with Gasteiger partial charge in [-0.3, -0.25) is 0 Å². The third-order valence-electron chi connectivity index (χ3n) is 2.86. The topological polar surface area (TPSA) is 20.2 Å². The Bertz CT molecular complexity index is 101. The molecule has 0 aromatic heterocycles. The van der Waals surface area contributed by atoms with Crippen molar-refractivity contribution in [2.75, 3.05) is 0 Å². The van der Waals surface area contributed by atoms with Crippen LogP contribution in [0.15, 0.2) is 0 Å². The van der Waals surface area contributed by atoms with Crippen LogP contribution in [0.4, 0.5) is 0 Å². The van der Waals surface area contributed by atoms with Gasteiger partial charge in [-0.1, -0.05) is 13.8 Å². The van der Waals surface area contributed by atoms with Crippen LogP contribution in [0.3, 0.4) is 0 Å². The van der Waals surface area contributed by atoms with Crippen LogP contribution in [-0.2, 0) is 0 Å². The van der Waals surface area contributed by atoms with Crippen molar-refractivity contribution >= 4 is 0 Å². The van der Waals surface area contributed by atoms with Gasteiger partial charge >= 0.3 is 0 Å². The SMILES string of the molecule is CC[C@]1(O)CC[C@@H](C)CC1. The molecule has 0 aromatic carbocycles. The van der Waals surface area contributed by atoms with Gasteiger partial charge in [0, 0.05) is 0 Å². The molecule has 1 rings (SSSR count). The first-order chi connectivity index (χ1) is 4.66. The Kier molecular flexibility index (Phi) is 2.35. The van der Waals surface area contributed by atoms with Crippen LogP contribution < -0.4 is 0 Å². The number of hydrogen-bond donors (Lipinski definition) is 1. The molecule has 60 valence electrons. The Hall–Kier alpha value is -0.0400. The molecule has 1 fully saturated rings. The van der Waals surface area contributed by atoms with Crippen LogP contribution in [-0.4, -0.2) is 10.7 Å². The molecule has 0 amide bonds. The van der Waals surface area contributed by atoms with E-state index in [1.165, 1.54) is 12.8 Å². The van der Waals surface area contributed by atoms with Crippen molar-refractivity contribution in [3.8, 4) is 0 Å². The van der Waals surface area contributed by atoms with Gasteiger partial charge in [0.25, 0.3) is 0 Å². The molecule has 1 aliphatic carbocycles. The minimum absolute atomic E-state index is 0.299. The molecule has 1 aliphatic rings. The van der Waals surface area contributed by atoms with Crippen molar-refractivity contribution in [3.05, 3.63) is 0 Å². The van der Waals surface area contributed by atoms with Crippen molar-refractivity contribution in [3.63, 3.8) is 0 Å². The second kappa shape index (κ2) is 2.91. The summed E-state index contributed by atoms with van der Waals surface area (Å²) in [6, 6.07) is 0. The zero-order valence-corrected chi connectivity index (χ0v) is 7.06. The lowest BCUT2D eigenvalue weighted by atomic mass is 9.78. The molecule has 0 aromatic rings. The normalized spacial score (nSPS) is 41.7. The zero-order chi connectivity index (χ0) is 7.61. The second-order valence-electron chi connectivity index (χ2n) is 3.76. The van der Waals surface area contributed by atoms with Crippen molar-refractivity contribution < 1.29 is 5.11 Å². The van der Waals surface area contributed by atoms with Gasteiger partial charge in [0.1, 0.15) is 0 Å². The molecule has 1 nitrogen and oxygen atoms in total. The van der Waals surface area contributed by atoms with Gasteiger partial charge < -0.3 is 5.11 Å². The van der Waals surface area contributed by atoms with E-state index < -0.39 is 0 Å². The minimum atomic E-state index is -0.299. The fraction of sp³-hybridized carbons (Fsp3) is 1.00. The van der Waals surface area contributed by atoms with E-state index in [2.05, 4.69) is 13.8 Å². The van der Waals surface area contributed by atoms with Gasteiger partial charge in [-0.2, -0.15) is 0 Å². The van der Waals surface area contributed by atoms with Crippen molar-refractivity contribution in [1.82, 2.24) is 0 Å². The van der Waals surface area contributed by atoms with Gasteiger partial charge in [-0.05, 0) is 38.0 Å². The predicted octanol–water partition coefficient (Wildman–Crippen LogP) is 2.34. The average Bonchev–Trinajstić information content (AvgIpc) is 1.96. The first-order valence-electron chi connectivity index (χ1n) is 4.39. The fourth-order valence-electron chi connectivity index (χ4n) is 1.65. The minimum Gasteiger partial charge on any atom is -0.390 e. The summed E-state index contributed by atoms with van der Waals surface area (Å²) in [7, 11) is 0. The standard InChI is InChI=1S/C9H18O/c1-3-9(10)6-4-8(2)5-7-9/h8,10H,3-7H2,1-2H3/t8-,9+. The highest BCUT2D eigenvalue weighted by atomic mass is 16.3. The fourth-order valence-corrected chi connectivity index (χ4v) is 1.65. The third kappa shape index (κ3) is 1.72. The Morgan fingerprint density at radius 3 is 2.30 bits per heavy atom. The van der Waals surface area contributed by atoms with Crippen molar-refractivity contribution in [2.24, 2.45) is 5.92 Å². The molecule has 1 N–H and O–H groups in total. The largest absolute Gasteiger partial charge is 0.390 e. The number of rotatable bonds is 1. The molecule has 1 saturated carbocycles. The molecule has 0 radical (unpaired) electrons. The molecule has 0 atom stereocenters. The molecule has 0 heterocycles. The maximum Gasteiger partial charge on any atom is 0.0645 e. The van der Waals surface area contributed by atoms with E-state index in [4.69, 9.17) is 0 Å². The molecule has 0 aliphatic heterocycles. The lowest BCUT2D eigenvalue weighted by Crippen LogP contribution is -2.32. The van der Waals surface area contributed by atoms with Gasteiger partial charge in [-0.25, -0.2) is 0 Å². The maximum absolute atomic E-state index is 9.80. The summed E-state index contributed by atoms with van der Waals surface area (Å²) < 4.78 is 0. The Balaban J connectivity index is 2.38. The highest BCUT2D eigenvalue weighted by molar-refractivity contribution is 4.82. The van der Waals surface area contributed by atoms with E-state index >= 15 is 0 Å². The van der Waals surface area contributed by atoms with E-state index in [0.717, 1.165) is 25.2 Å². The van der Waals surface area contributed by atoms with E-state index in [1.54, 1.807) is 0 Å². The highest BCUT2D eigenvalue weighted by Crippen LogP contribution is 2.33. The smallest absolute Gasteiger partial charge is 0.0645 e. The van der Waals surface area contributed by atoms with Gasteiger partial charge in [0.05, 0.1) is 5.60 Å². The third-order valence-corrected chi connectivity index (χ3v) is 2.86. The predicted molar refractivity (Wildman–Crippen MR) is 42.9 cm³/mol. The summed E-state index contributed by atoms with van der Waals surface area (Å²) in [6.45, 7) is 4.35. The Morgan fingerprint density at radius 2 is 1.90 bits per heavy atom. The van der Waals surface area contributed by atoms with Crippen molar-refractivity contribution in [1.29, 1.82) is 0 Å². The van der Waals surface area contributed by atoms with E-state index in [0.29, 0.717) is 0 Å². The molecular weight excluding hydrogens is 124 g/mol. The number of aliphatic hydroxyl groups is 1. The highest BCUT2D eigenvalue weighted by Gasteiger charge is 2.29. The van der Waals surface area contributed by atoms with E-state index in [1.807, 2.05) is 0 Å². The van der Waals surface area contributed by atoms with Gasteiger partial charge in [-0.15, -0.1) is 0 Å². The zero-order valence-electron chi connectivity index (χ0n) is 7.06. The molecule has 1 heteroatoms. The average molecular weight is 142 g/mol. The van der Waals surface area contributed by atoms with E-state index in [9.17, 15) is 5.11 Å². The lowest BCUT2D eigenvalue weighted by molar-refractivity contribution is -0.0103. The molecule has 0 spiro atoms. The Labute approximate surface area is 63.4 Å². The first kappa shape index (κ1) is 8.06. The van der Waals surface area contributed by atoms with Crippen LogP contribution in [0.25, 0.3) is 0 Å². The quantitative estimate of drug-likeness (QED) is 0.595. The summed E-state index contributed by atoms with van der Waals surface area (Å²) in [6.07, 6.45) is 5.39. The van der Waals surface area contributed by atoms with Crippen molar-refractivity contribution in [2.45, 2.75) is 51.6 Å². The Morgan fingerprint density at radius 1 is 1.40 bits per heavy atom. The molecule has 10 heavy (non-hydrogen) atoms. The molecule has 0 bridgehead atoms. The summed E-state index contributed by atoms with van der Waals surface area (Å²) in [4.78, 5) is 0. The molecule has 0 unspecified atom stereocenters. The lowest BCUT2D eigenvalue weighted by Gasteiger charge is -2.33. The van der Waals surface area contributed by atoms with Crippen LogP contribution >= 0.6 is 0 Å². The van der Waals surface area contributed by atoms with Gasteiger partial charge in [0.15, 0.2) is 0 Å². The van der Waals surface area contributed by atoms with Gasteiger partial charge in [0.2, 0.25) is 0 Å². The van der Waals surface area contributed by atoms with E-state index in [-0.39, 0.29) is 5.60 Å².